The van der Waals surface area contributed by atoms with Gasteiger partial charge in [0.25, 0.3) is 5.91 Å². The second-order valence-electron chi connectivity index (χ2n) is 5.81. The summed E-state index contributed by atoms with van der Waals surface area (Å²) in [5.74, 6) is -1.47. The Labute approximate surface area is 157 Å². The number of rotatable bonds is 9. The van der Waals surface area contributed by atoms with Gasteiger partial charge in [-0.1, -0.05) is 31.9 Å². The molecule has 7 nitrogen and oxygen atoms in total. The maximum absolute atomic E-state index is 11.9. The highest BCUT2D eigenvalue weighted by Crippen LogP contribution is 2.20. The summed E-state index contributed by atoms with van der Waals surface area (Å²) in [7, 11) is 1.25. The Bertz CT molecular complexity index is 649. The second-order valence-corrected chi connectivity index (χ2v) is 6.22. The number of esters is 2. The highest BCUT2D eigenvalue weighted by atomic mass is 35.5. The standard InChI is InChI=1S/C18H24ClNO6/c1-5-11(2)17(18(23)24-4)20-15(21)9-26-16(22)10-25-13-6-7-14(19)12(3)8-13/h6-8,11,17H,5,9-10H2,1-4H3,(H,20,21)/t11-,17+/m0/s1. The van der Waals surface area contributed by atoms with E-state index in [1.54, 1.807) is 18.2 Å². The van der Waals surface area contributed by atoms with Gasteiger partial charge in [-0.15, -0.1) is 0 Å². The predicted octanol–water partition coefficient (Wildman–Crippen LogP) is 2.27. The van der Waals surface area contributed by atoms with Crippen molar-refractivity contribution in [2.75, 3.05) is 20.3 Å². The lowest BCUT2D eigenvalue weighted by atomic mass is 9.99. The van der Waals surface area contributed by atoms with Crippen LogP contribution in [-0.2, 0) is 23.9 Å². The summed E-state index contributed by atoms with van der Waals surface area (Å²) >= 11 is 5.91. The van der Waals surface area contributed by atoms with E-state index < -0.39 is 30.5 Å². The molecule has 0 bridgehead atoms. The van der Waals surface area contributed by atoms with E-state index in [9.17, 15) is 14.4 Å². The fourth-order valence-electron chi connectivity index (χ4n) is 2.05. The number of aryl methyl sites for hydroxylation is 1. The SMILES string of the molecule is CC[C@H](C)[C@@H](NC(=O)COC(=O)COc1ccc(Cl)c(C)c1)C(=O)OC. The predicted molar refractivity (Wildman–Crippen MR) is 96.0 cm³/mol. The highest BCUT2D eigenvalue weighted by molar-refractivity contribution is 6.31. The maximum Gasteiger partial charge on any atom is 0.344 e. The molecule has 1 amide bonds. The molecule has 1 aromatic carbocycles. The molecule has 0 radical (unpaired) electrons. The molecule has 1 N–H and O–H groups in total. The number of halogens is 1. The van der Waals surface area contributed by atoms with E-state index in [1.165, 1.54) is 7.11 Å². The van der Waals surface area contributed by atoms with E-state index in [1.807, 2.05) is 20.8 Å². The monoisotopic (exact) mass is 385 g/mol. The van der Waals surface area contributed by atoms with Crippen molar-refractivity contribution < 1.29 is 28.6 Å². The number of carbonyl (C=O) groups excluding carboxylic acids is 3. The second kappa shape index (κ2) is 10.7. The number of carbonyl (C=O) groups is 3. The first kappa shape index (κ1) is 21.8. The van der Waals surface area contributed by atoms with E-state index in [0.29, 0.717) is 17.2 Å². The maximum atomic E-state index is 11.9. The first-order chi connectivity index (χ1) is 12.3. The first-order valence-electron chi connectivity index (χ1n) is 8.20. The van der Waals surface area contributed by atoms with Gasteiger partial charge in [-0.25, -0.2) is 9.59 Å². The Kier molecular flexibility index (Phi) is 8.92. The molecule has 0 aliphatic heterocycles. The van der Waals surface area contributed by atoms with Crippen LogP contribution in [0.1, 0.15) is 25.8 Å². The van der Waals surface area contributed by atoms with Crippen LogP contribution in [0.2, 0.25) is 5.02 Å². The molecule has 0 fully saturated rings. The summed E-state index contributed by atoms with van der Waals surface area (Å²) in [6, 6.07) is 4.19. The smallest absolute Gasteiger partial charge is 0.344 e. The zero-order valence-corrected chi connectivity index (χ0v) is 16.1. The fraction of sp³-hybridized carbons (Fsp3) is 0.500. The van der Waals surface area contributed by atoms with Gasteiger partial charge in [0.2, 0.25) is 0 Å². The van der Waals surface area contributed by atoms with Crippen LogP contribution in [0.5, 0.6) is 5.75 Å². The molecular weight excluding hydrogens is 362 g/mol. The molecule has 0 saturated heterocycles. The van der Waals surface area contributed by atoms with E-state index >= 15 is 0 Å². The summed E-state index contributed by atoms with van der Waals surface area (Å²) < 4.78 is 14.8. The molecular formula is C18H24ClNO6. The van der Waals surface area contributed by atoms with Crippen molar-refractivity contribution >= 4 is 29.4 Å². The number of nitrogens with one attached hydrogen (secondary N) is 1. The van der Waals surface area contributed by atoms with Crippen molar-refractivity contribution in [1.82, 2.24) is 5.32 Å². The van der Waals surface area contributed by atoms with Crippen LogP contribution in [0.15, 0.2) is 18.2 Å². The van der Waals surface area contributed by atoms with Gasteiger partial charge in [-0.3, -0.25) is 4.79 Å². The number of ether oxygens (including phenoxy) is 3. The molecule has 8 heteroatoms. The Morgan fingerprint density at radius 2 is 1.92 bits per heavy atom. The Morgan fingerprint density at radius 3 is 2.50 bits per heavy atom. The van der Waals surface area contributed by atoms with Gasteiger partial charge in [0.15, 0.2) is 13.2 Å². The van der Waals surface area contributed by atoms with E-state index in [-0.39, 0.29) is 12.5 Å². The zero-order valence-electron chi connectivity index (χ0n) is 15.3. The van der Waals surface area contributed by atoms with Crippen LogP contribution in [0.4, 0.5) is 0 Å². The van der Waals surface area contributed by atoms with Gasteiger partial charge < -0.3 is 19.5 Å². The number of methoxy groups -OCH3 is 1. The quantitative estimate of drug-likeness (QED) is 0.656. The van der Waals surface area contributed by atoms with Gasteiger partial charge in [-0.2, -0.15) is 0 Å². The van der Waals surface area contributed by atoms with Gasteiger partial charge in [0.05, 0.1) is 7.11 Å². The number of hydrogen-bond acceptors (Lipinski definition) is 6. The molecule has 0 saturated carbocycles. The largest absolute Gasteiger partial charge is 0.482 e. The molecule has 0 heterocycles. The summed E-state index contributed by atoms with van der Waals surface area (Å²) in [5, 5.41) is 3.11. The molecule has 0 spiro atoms. The van der Waals surface area contributed by atoms with Crippen molar-refractivity contribution in [2.45, 2.75) is 33.2 Å². The third-order valence-electron chi connectivity index (χ3n) is 3.83. The van der Waals surface area contributed by atoms with Crippen molar-refractivity contribution in [3.63, 3.8) is 0 Å². The lowest BCUT2D eigenvalue weighted by Crippen LogP contribution is -2.47. The van der Waals surface area contributed by atoms with Crippen LogP contribution in [0, 0.1) is 12.8 Å². The average Bonchev–Trinajstić information content (AvgIpc) is 2.64. The van der Waals surface area contributed by atoms with Gasteiger partial charge in [0.1, 0.15) is 11.8 Å². The minimum Gasteiger partial charge on any atom is -0.482 e. The average molecular weight is 386 g/mol. The minimum absolute atomic E-state index is 0.112. The summed E-state index contributed by atoms with van der Waals surface area (Å²) in [6.45, 7) is 4.66. The molecule has 1 aromatic rings. The molecule has 0 aliphatic rings. The van der Waals surface area contributed by atoms with Crippen LogP contribution < -0.4 is 10.1 Å². The molecule has 0 aromatic heterocycles. The number of hydrogen-bond donors (Lipinski definition) is 1. The Morgan fingerprint density at radius 1 is 1.23 bits per heavy atom. The van der Waals surface area contributed by atoms with Gasteiger partial charge in [-0.05, 0) is 36.6 Å². The van der Waals surface area contributed by atoms with Crippen molar-refractivity contribution in [3.8, 4) is 5.75 Å². The molecule has 26 heavy (non-hydrogen) atoms. The normalized spacial score (nSPS) is 12.7. The van der Waals surface area contributed by atoms with Crippen molar-refractivity contribution in [3.05, 3.63) is 28.8 Å². The third-order valence-corrected chi connectivity index (χ3v) is 4.26. The molecule has 144 valence electrons. The van der Waals surface area contributed by atoms with Crippen LogP contribution in [0.25, 0.3) is 0 Å². The van der Waals surface area contributed by atoms with Crippen LogP contribution >= 0.6 is 11.6 Å². The minimum atomic E-state index is -0.788. The number of amides is 1. The lowest BCUT2D eigenvalue weighted by molar-refractivity contribution is -0.152. The van der Waals surface area contributed by atoms with Crippen LogP contribution in [0.3, 0.4) is 0 Å². The van der Waals surface area contributed by atoms with Gasteiger partial charge in [0, 0.05) is 5.02 Å². The zero-order chi connectivity index (χ0) is 19.7. The molecule has 2 atom stereocenters. The first-order valence-corrected chi connectivity index (χ1v) is 8.58. The van der Waals surface area contributed by atoms with Crippen molar-refractivity contribution in [2.24, 2.45) is 5.92 Å². The van der Waals surface area contributed by atoms with Gasteiger partial charge >= 0.3 is 11.9 Å². The van der Waals surface area contributed by atoms with Crippen molar-refractivity contribution in [1.29, 1.82) is 0 Å². The van der Waals surface area contributed by atoms with Crippen LogP contribution in [-0.4, -0.2) is 44.2 Å². The van der Waals surface area contributed by atoms with E-state index in [0.717, 1.165) is 5.56 Å². The highest BCUT2D eigenvalue weighted by Gasteiger charge is 2.26. The topological polar surface area (TPSA) is 90.9 Å². The summed E-state index contributed by atoms with van der Waals surface area (Å²) in [6.07, 6.45) is 0.675. The van der Waals surface area contributed by atoms with E-state index in [2.05, 4.69) is 10.1 Å². The lowest BCUT2D eigenvalue weighted by Gasteiger charge is -2.21. The number of benzene rings is 1. The summed E-state index contributed by atoms with van der Waals surface area (Å²) in [4.78, 5) is 35.3. The molecule has 0 unspecified atom stereocenters. The summed E-state index contributed by atoms with van der Waals surface area (Å²) in [5.41, 5.74) is 0.816. The third kappa shape index (κ3) is 6.92. The Balaban J connectivity index is 2.44. The molecule has 1 rings (SSSR count). The fourth-order valence-corrected chi connectivity index (χ4v) is 2.17. The van der Waals surface area contributed by atoms with E-state index in [4.69, 9.17) is 21.1 Å². The molecule has 0 aliphatic carbocycles. The Hall–Kier alpha value is -2.28.